The van der Waals surface area contributed by atoms with Crippen LogP contribution in [0.15, 0.2) is 22.5 Å². The number of fused-ring (bicyclic) bond motifs is 1. The van der Waals surface area contributed by atoms with Gasteiger partial charge < -0.3 is 14.2 Å². The first-order valence-electron chi connectivity index (χ1n) is 7.81. The van der Waals surface area contributed by atoms with Crippen LogP contribution in [0.5, 0.6) is 0 Å². The first kappa shape index (κ1) is 13.7. The fraction of sp³-hybridized carbons (Fsp3) is 0.562. The van der Waals surface area contributed by atoms with Crippen molar-refractivity contribution in [1.82, 2.24) is 15.1 Å². The molecule has 0 N–H and O–H groups in total. The highest BCUT2D eigenvalue weighted by Crippen LogP contribution is 2.36. The highest BCUT2D eigenvalue weighted by molar-refractivity contribution is 5.87. The summed E-state index contributed by atoms with van der Waals surface area (Å²) in [4.78, 5) is 10.9. The van der Waals surface area contributed by atoms with Gasteiger partial charge in [0.15, 0.2) is 0 Å². The molecule has 6 nitrogen and oxygen atoms in total. The lowest BCUT2D eigenvalue weighted by atomic mass is 9.87. The molecule has 1 spiro atoms. The summed E-state index contributed by atoms with van der Waals surface area (Å²) in [6, 6.07) is 0. The second-order valence-electron chi connectivity index (χ2n) is 6.29. The van der Waals surface area contributed by atoms with Gasteiger partial charge in [0.05, 0.1) is 17.9 Å². The van der Waals surface area contributed by atoms with Crippen molar-refractivity contribution < 1.29 is 9.26 Å². The number of aromatic nitrogens is 3. The zero-order chi connectivity index (χ0) is 15.2. The maximum Gasteiger partial charge on any atom is 0.263 e. The molecule has 22 heavy (non-hydrogen) atoms. The highest BCUT2D eigenvalue weighted by atomic mass is 16.5. The van der Waals surface area contributed by atoms with E-state index in [4.69, 9.17) is 9.26 Å². The summed E-state index contributed by atoms with van der Waals surface area (Å²) in [5.74, 6) is 0.926. The van der Waals surface area contributed by atoms with Crippen molar-refractivity contribution in [3.63, 3.8) is 0 Å². The van der Waals surface area contributed by atoms with Gasteiger partial charge in [-0.3, -0.25) is 0 Å². The highest BCUT2D eigenvalue weighted by Gasteiger charge is 2.36. The Bertz CT molecular complexity index is 729. The van der Waals surface area contributed by atoms with E-state index in [9.17, 15) is 0 Å². The number of hydrogen-bond acceptors (Lipinski definition) is 6. The lowest BCUT2D eigenvalue weighted by Gasteiger charge is -2.42. The second kappa shape index (κ2) is 5.05. The quantitative estimate of drug-likeness (QED) is 0.754. The Hall–Kier alpha value is -1.95. The number of hydrogen-bond donors (Lipinski definition) is 0. The van der Waals surface area contributed by atoms with E-state index in [-0.39, 0.29) is 5.60 Å². The third kappa shape index (κ3) is 2.18. The molecule has 0 bridgehead atoms. The van der Waals surface area contributed by atoms with Crippen LogP contribution in [0.3, 0.4) is 0 Å². The Morgan fingerprint density at radius 1 is 1.18 bits per heavy atom. The van der Waals surface area contributed by atoms with Crippen LogP contribution in [0, 0.1) is 6.92 Å². The topological polar surface area (TPSA) is 64.3 Å². The lowest BCUT2D eigenvalue weighted by molar-refractivity contribution is -0.0326. The van der Waals surface area contributed by atoms with Crippen LogP contribution in [0.4, 0.5) is 5.82 Å². The Kier molecular flexibility index (Phi) is 3.14. The average molecular weight is 300 g/mol. The van der Waals surface area contributed by atoms with E-state index in [2.05, 4.69) is 33.0 Å². The molecule has 1 fully saturated rings. The molecule has 4 heterocycles. The van der Waals surface area contributed by atoms with Gasteiger partial charge in [0.25, 0.3) is 5.71 Å². The molecular formula is C16H20N4O2. The average Bonchev–Trinajstić information content (AvgIpc) is 2.90. The summed E-state index contributed by atoms with van der Waals surface area (Å²) >= 11 is 0. The molecule has 0 unspecified atom stereocenters. The minimum atomic E-state index is -0.0747. The van der Waals surface area contributed by atoms with Gasteiger partial charge in [-0.05, 0) is 33.1 Å². The summed E-state index contributed by atoms with van der Waals surface area (Å²) in [5.41, 5.74) is 2.77. The second-order valence-corrected chi connectivity index (χ2v) is 6.29. The standard InChI is InChI=1S/C16H20N4O2/c1-11-3-8-21-16(9-11)4-6-20(7-5-16)14-13-12(2)19-22-15(13)18-10-17-14/h9-10H,3-8H2,1-2H3. The van der Waals surface area contributed by atoms with E-state index in [1.54, 1.807) is 6.33 Å². The Balaban J connectivity index is 1.61. The molecule has 0 saturated carbocycles. The molecule has 0 aromatic carbocycles. The van der Waals surface area contributed by atoms with Crippen LogP contribution in [0.2, 0.25) is 0 Å². The van der Waals surface area contributed by atoms with Gasteiger partial charge in [-0.15, -0.1) is 0 Å². The van der Waals surface area contributed by atoms with Crippen molar-refractivity contribution in [1.29, 1.82) is 0 Å². The first-order chi connectivity index (χ1) is 10.7. The van der Waals surface area contributed by atoms with Crippen LogP contribution < -0.4 is 4.90 Å². The molecule has 2 aliphatic rings. The minimum Gasteiger partial charge on any atom is -0.370 e. The molecule has 2 aromatic heterocycles. The van der Waals surface area contributed by atoms with Crippen LogP contribution in [-0.2, 0) is 4.74 Å². The van der Waals surface area contributed by atoms with Crippen molar-refractivity contribution in [2.45, 2.75) is 38.7 Å². The summed E-state index contributed by atoms with van der Waals surface area (Å²) < 4.78 is 11.3. The SMILES string of the molecule is CC1=CC2(CCN(c3ncnc4onc(C)c34)CC2)OCC1. The van der Waals surface area contributed by atoms with Gasteiger partial charge in [0, 0.05) is 13.1 Å². The van der Waals surface area contributed by atoms with E-state index in [0.29, 0.717) is 5.71 Å². The summed E-state index contributed by atoms with van der Waals surface area (Å²) in [5, 5.41) is 4.93. The van der Waals surface area contributed by atoms with Crippen molar-refractivity contribution in [2.24, 2.45) is 0 Å². The fourth-order valence-electron chi connectivity index (χ4n) is 3.51. The summed E-state index contributed by atoms with van der Waals surface area (Å²) in [6.45, 7) is 6.80. The minimum absolute atomic E-state index is 0.0747. The number of nitrogens with zero attached hydrogens (tertiary/aromatic N) is 4. The predicted octanol–water partition coefficient (Wildman–Crippen LogP) is 2.63. The molecule has 0 radical (unpaired) electrons. The summed E-state index contributed by atoms with van der Waals surface area (Å²) in [7, 11) is 0. The van der Waals surface area contributed by atoms with Gasteiger partial charge in [0.1, 0.15) is 17.5 Å². The molecular weight excluding hydrogens is 280 g/mol. The number of aryl methyl sites for hydroxylation is 1. The fourth-order valence-corrected chi connectivity index (χ4v) is 3.51. The van der Waals surface area contributed by atoms with Crippen LogP contribution >= 0.6 is 0 Å². The molecule has 0 amide bonds. The number of piperidine rings is 1. The Morgan fingerprint density at radius 2 is 2.00 bits per heavy atom. The predicted molar refractivity (Wildman–Crippen MR) is 82.8 cm³/mol. The number of rotatable bonds is 1. The third-order valence-electron chi connectivity index (χ3n) is 4.73. The zero-order valence-electron chi connectivity index (χ0n) is 13.0. The Morgan fingerprint density at radius 3 is 2.77 bits per heavy atom. The van der Waals surface area contributed by atoms with Crippen molar-refractivity contribution in [3.8, 4) is 0 Å². The van der Waals surface area contributed by atoms with Crippen molar-refractivity contribution >= 4 is 16.9 Å². The maximum atomic E-state index is 6.09. The largest absolute Gasteiger partial charge is 0.370 e. The van der Waals surface area contributed by atoms with E-state index in [1.165, 1.54) is 5.57 Å². The van der Waals surface area contributed by atoms with Crippen LogP contribution in [-0.4, -0.2) is 40.4 Å². The molecule has 116 valence electrons. The van der Waals surface area contributed by atoms with E-state index in [1.807, 2.05) is 6.92 Å². The normalized spacial score (nSPS) is 21.4. The number of anilines is 1. The zero-order valence-corrected chi connectivity index (χ0v) is 13.0. The third-order valence-corrected chi connectivity index (χ3v) is 4.73. The molecule has 2 aliphatic heterocycles. The van der Waals surface area contributed by atoms with Gasteiger partial charge >= 0.3 is 0 Å². The maximum absolute atomic E-state index is 6.09. The molecule has 1 saturated heterocycles. The lowest BCUT2D eigenvalue weighted by Crippen LogP contribution is -2.46. The van der Waals surface area contributed by atoms with Crippen LogP contribution in [0.1, 0.15) is 31.9 Å². The van der Waals surface area contributed by atoms with E-state index < -0.39 is 0 Å². The number of ether oxygens (including phenoxy) is 1. The molecule has 2 aromatic rings. The van der Waals surface area contributed by atoms with E-state index >= 15 is 0 Å². The first-order valence-corrected chi connectivity index (χ1v) is 7.81. The monoisotopic (exact) mass is 300 g/mol. The van der Waals surface area contributed by atoms with Crippen LogP contribution in [0.25, 0.3) is 11.1 Å². The van der Waals surface area contributed by atoms with Gasteiger partial charge in [0.2, 0.25) is 0 Å². The van der Waals surface area contributed by atoms with Crippen molar-refractivity contribution in [3.05, 3.63) is 23.7 Å². The van der Waals surface area contributed by atoms with Gasteiger partial charge in [-0.2, -0.15) is 4.98 Å². The van der Waals surface area contributed by atoms with Gasteiger partial charge in [-0.1, -0.05) is 16.8 Å². The van der Waals surface area contributed by atoms with Gasteiger partial charge in [-0.25, -0.2) is 4.98 Å². The summed E-state index contributed by atoms with van der Waals surface area (Å²) in [6.07, 6.45) is 6.90. The molecule has 0 atom stereocenters. The molecule has 4 rings (SSSR count). The smallest absolute Gasteiger partial charge is 0.263 e. The van der Waals surface area contributed by atoms with Crippen molar-refractivity contribution in [2.75, 3.05) is 24.6 Å². The Labute approximate surface area is 129 Å². The van der Waals surface area contributed by atoms with E-state index in [0.717, 1.165) is 55.9 Å². The molecule has 6 heteroatoms. The molecule has 0 aliphatic carbocycles.